The second kappa shape index (κ2) is 10.3. The zero-order valence-electron chi connectivity index (χ0n) is 16.2. The molecule has 158 valence electrons. The molecule has 29 heavy (non-hydrogen) atoms. The van der Waals surface area contributed by atoms with Crippen LogP contribution in [-0.2, 0) is 33.3 Å². The number of hydrogen-bond acceptors (Lipinski definition) is 9. The third-order valence-corrected chi connectivity index (χ3v) is 4.66. The highest BCUT2D eigenvalue weighted by Gasteiger charge is 2.49. The van der Waals surface area contributed by atoms with Gasteiger partial charge in [0.2, 0.25) is 12.2 Å². The zero-order valence-corrected chi connectivity index (χ0v) is 17.1. The van der Waals surface area contributed by atoms with Crippen LogP contribution in [0.2, 0.25) is 0 Å². The summed E-state index contributed by atoms with van der Waals surface area (Å²) in [5.41, 5.74) is 0.293. The van der Waals surface area contributed by atoms with E-state index in [1.54, 1.807) is 30.3 Å². The van der Waals surface area contributed by atoms with Crippen molar-refractivity contribution in [1.29, 1.82) is 0 Å². The van der Waals surface area contributed by atoms with Crippen LogP contribution in [0.1, 0.15) is 31.1 Å². The molecule has 1 aromatic rings. The van der Waals surface area contributed by atoms with E-state index in [1.807, 2.05) is 0 Å². The monoisotopic (exact) mass is 425 g/mol. The molecule has 1 aromatic carbocycles. The molecule has 0 aliphatic carbocycles. The molecule has 9 nitrogen and oxygen atoms in total. The highest BCUT2D eigenvalue weighted by molar-refractivity contribution is 7.81. The van der Waals surface area contributed by atoms with Crippen molar-refractivity contribution in [1.82, 2.24) is 5.32 Å². The van der Waals surface area contributed by atoms with Crippen LogP contribution in [-0.4, -0.2) is 60.2 Å². The van der Waals surface area contributed by atoms with Crippen LogP contribution >= 0.6 is 12.6 Å². The number of carbonyl (C=O) groups excluding carboxylic acids is 4. The molecule has 1 fully saturated rings. The molecule has 0 bridgehead atoms. The van der Waals surface area contributed by atoms with Crippen molar-refractivity contribution in [3.05, 3.63) is 35.9 Å². The number of amides is 1. The van der Waals surface area contributed by atoms with E-state index in [9.17, 15) is 19.2 Å². The molecular weight excluding hydrogens is 402 g/mol. The summed E-state index contributed by atoms with van der Waals surface area (Å²) in [5, 5.41) is 1.80. The van der Waals surface area contributed by atoms with Crippen LogP contribution in [0.25, 0.3) is 0 Å². The fourth-order valence-electron chi connectivity index (χ4n) is 2.81. The highest BCUT2D eigenvalue weighted by Crippen LogP contribution is 2.29. The van der Waals surface area contributed by atoms with E-state index in [0.29, 0.717) is 5.56 Å². The summed E-state index contributed by atoms with van der Waals surface area (Å²) in [6.45, 7) is 3.47. The van der Waals surface area contributed by atoms with Gasteiger partial charge in [-0.25, -0.2) is 4.79 Å². The van der Waals surface area contributed by atoms with Gasteiger partial charge in [-0.1, -0.05) is 18.2 Å². The summed E-state index contributed by atoms with van der Waals surface area (Å²) in [4.78, 5) is 47.0. The van der Waals surface area contributed by atoms with Gasteiger partial charge in [0.1, 0.15) is 24.9 Å². The lowest BCUT2D eigenvalue weighted by molar-refractivity contribution is -0.231. The molecule has 2 rings (SSSR count). The lowest BCUT2D eigenvalue weighted by atomic mass is 9.98. The molecule has 1 amide bonds. The van der Waals surface area contributed by atoms with Gasteiger partial charge < -0.3 is 24.3 Å². The molecule has 1 aliphatic rings. The third-order valence-electron chi connectivity index (χ3n) is 4.03. The first-order chi connectivity index (χ1) is 13.7. The average molecular weight is 425 g/mol. The number of ether oxygens (including phenoxy) is 4. The van der Waals surface area contributed by atoms with E-state index in [-0.39, 0.29) is 6.61 Å². The molecule has 1 heterocycles. The van der Waals surface area contributed by atoms with Gasteiger partial charge >= 0.3 is 17.9 Å². The van der Waals surface area contributed by atoms with Gasteiger partial charge in [-0.05, 0) is 12.1 Å². The molecule has 1 aliphatic heterocycles. The Labute approximate surface area is 173 Å². The van der Waals surface area contributed by atoms with Crippen molar-refractivity contribution in [2.75, 3.05) is 6.61 Å². The molecule has 1 saturated heterocycles. The summed E-state index contributed by atoms with van der Waals surface area (Å²) >= 11 is 4.47. The number of rotatable bonds is 6. The molecular formula is C19H23NO8S. The second-order valence-electron chi connectivity index (χ2n) is 6.41. The smallest absolute Gasteiger partial charge is 0.338 e. The van der Waals surface area contributed by atoms with Gasteiger partial charge in [0.05, 0.1) is 10.8 Å². The fraction of sp³-hybridized carbons (Fsp3) is 0.474. The Balaban J connectivity index is 2.31. The van der Waals surface area contributed by atoms with E-state index in [1.165, 1.54) is 20.8 Å². The fourth-order valence-corrected chi connectivity index (χ4v) is 3.21. The van der Waals surface area contributed by atoms with Crippen LogP contribution in [0.4, 0.5) is 0 Å². The minimum absolute atomic E-state index is 0.201. The number of carbonyl (C=O) groups is 4. The van der Waals surface area contributed by atoms with Gasteiger partial charge in [0.15, 0.2) is 0 Å². The van der Waals surface area contributed by atoms with Crippen molar-refractivity contribution >= 4 is 36.4 Å². The Bertz CT molecular complexity index is 756. The maximum absolute atomic E-state index is 12.6. The summed E-state index contributed by atoms with van der Waals surface area (Å²) in [5.74, 6) is -2.31. The van der Waals surface area contributed by atoms with Gasteiger partial charge in [-0.2, -0.15) is 12.6 Å². The Morgan fingerprint density at radius 1 is 1.03 bits per heavy atom. The van der Waals surface area contributed by atoms with Crippen molar-refractivity contribution in [2.24, 2.45) is 0 Å². The molecule has 0 spiro atoms. The SMILES string of the molecule is CC(=O)N[C@H]1[C@@H](OC(C)=O)O[C@H](COC(C)=O)[C@@H](S)[C@@H]1OC(=O)c1ccccc1. The van der Waals surface area contributed by atoms with Crippen LogP contribution in [0.5, 0.6) is 0 Å². The van der Waals surface area contributed by atoms with Crippen LogP contribution in [0, 0.1) is 0 Å². The standard InChI is InChI=1S/C19H23NO8S/c1-10(21)20-15-16(28-18(24)13-7-5-4-6-8-13)17(29)14(9-25-11(2)22)27-19(15)26-12(3)23/h4-8,14-17,19,29H,9H2,1-3H3,(H,20,21)/t14-,15-,16-,17-,19+/m1/s1. The van der Waals surface area contributed by atoms with Gasteiger partial charge in [-0.3, -0.25) is 14.4 Å². The lowest BCUT2D eigenvalue weighted by Gasteiger charge is -2.43. The summed E-state index contributed by atoms with van der Waals surface area (Å²) < 4.78 is 21.4. The van der Waals surface area contributed by atoms with E-state index in [4.69, 9.17) is 18.9 Å². The maximum Gasteiger partial charge on any atom is 0.338 e. The predicted molar refractivity (Wildman–Crippen MR) is 103 cm³/mol. The van der Waals surface area contributed by atoms with Crippen LogP contribution in [0.15, 0.2) is 30.3 Å². The van der Waals surface area contributed by atoms with Crippen LogP contribution < -0.4 is 5.32 Å². The van der Waals surface area contributed by atoms with Gasteiger partial charge in [0, 0.05) is 20.8 Å². The van der Waals surface area contributed by atoms with E-state index < -0.39 is 53.6 Å². The molecule has 0 saturated carbocycles. The Hall–Kier alpha value is -2.59. The lowest BCUT2D eigenvalue weighted by Crippen LogP contribution is -2.64. The Morgan fingerprint density at radius 2 is 1.69 bits per heavy atom. The highest BCUT2D eigenvalue weighted by atomic mass is 32.1. The zero-order chi connectivity index (χ0) is 21.6. The summed E-state index contributed by atoms with van der Waals surface area (Å²) in [6.07, 6.45) is -3.16. The Morgan fingerprint density at radius 3 is 2.24 bits per heavy atom. The molecule has 5 atom stereocenters. The Kier molecular flexibility index (Phi) is 8.03. The number of hydrogen-bond donors (Lipinski definition) is 2. The van der Waals surface area contributed by atoms with Crippen LogP contribution in [0.3, 0.4) is 0 Å². The van der Waals surface area contributed by atoms with Gasteiger partial charge in [0.25, 0.3) is 0 Å². The molecule has 1 N–H and O–H groups in total. The first-order valence-corrected chi connectivity index (χ1v) is 9.38. The predicted octanol–water partition coefficient (Wildman–Crippen LogP) is 0.866. The van der Waals surface area contributed by atoms with E-state index in [0.717, 1.165) is 0 Å². The van der Waals surface area contributed by atoms with Gasteiger partial charge in [-0.15, -0.1) is 0 Å². The van der Waals surface area contributed by atoms with Crippen molar-refractivity contribution < 1.29 is 38.1 Å². The number of nitrogens with one attached hydrogen (secondary N) is 1. The van der Waals surface area contributed by atoms with E-state index in [2.05, 4.69) is 17.9 Å². The maximum atomic E-state index is 12.6. The van der Waals surface area contributed by atoms with E-state index >= 15 is 0 Å². The number of thiol groups is 1. The molecule has 10 heteroatoms. The quantitative estimate of drug-likeness (QED) is 0.392. The topological polar surface area (TPSA) is 117 Å². The normalized spacial score (nSPS) is 26.1. The van der Waals surface area contributed by atoms with Crippen molar-refractivity contribution in [3.8, 4) is 0 Å². The summed E-state index contributed by atoms with van der Waals surface area (Å²) in [6, 6.07) is 7.23. The van der Waals surface area contributed by atoms with Crippen molar-refractivity contribution in [2.45, 2.75) is 50.6 Å². The number of esters is 3. The third kappa shape index (κ3) is 6.47. The first-order valence-electron chi connectivity index (χ1n) is 8.86. The van der Waals surface area contributed by atoms with Crippen molar-refractivity contribution in [3.63, 3.8) is 0 Å². The number of benzene rings is 1. The molecule has 0 aromatic heterocycles. The molecule has 0 unspecified atom stereocenters. The minimum atomic E-state index is -1.27. The average Bonchev–Trinajstić information content (AvgIpc) is 2.65. The largest absolute Gasteiger partial charge is 0.463 e. The minimum Gasteiger partial charge on any atom is -0.463 e. The second-order valence-corrected chi connectivity index (χ2v) is 7.00. The summed E-state index contributed by atoms with van der Waals surface area (Å²) in [7, 11) is 0. The molecule has 0 radical (unpaired) electrons. The first kappa shape index (κ1) is 22.7.